The minimum absolute atomic E-state index is 0.209. The number of carboxylic acid groups (broad SMARTS) is 1. The molecule has 8 nitrogen and oxygen atoms in total. The lowest BCUT2D eigenvalue weighted by atomic mass is 9.89. The van der Waals surface area contributed by atoms with E-state index < -0.39 is 29.6 Å². The van der Waals surface area contributed by atoms with Crippen LogP contribution in [0.5, 0.6) is 0 Å². The van der Waals surface area contributed by atoms with Gasteiger partial charge in [-0.25, -0.2) is 9.59 Å². The molecule has 4 N–H and O–H groups in total. The number of aromatic nitrogens is 1. The van der Waals surface area contributed by atoms with Crippen LogP contribution in [0.15, 0.2) is 21.7 Å². The molecule has 0 saturated heterocycles. The number of aliphatic hydroxyl groups excluding tert-OH is 1. The molecule has 3 atom stereocenters. The molecular formula is C12H14BrN3O5. The molecule has 0 fully saturated rings. The van der Waals surface area contributed by atoms with Gasteiger partial charge in [0.15, 0.2) is 6.04 Å². The molecule has 0 amide bonds. The van der Waals surface area contributed by atoms with Crippen LogP contribution < -0.4 is 5.32 Å². The van der Waals surface area contributed by atoms with Gasteiger partial charge in [0.2, 0.25) is 0 Å². The number of H-pyrrole nitrogens is 1. The van der Waals surface area contributed by atoms with E-state index in [4.69, 9.17) is 9.84 Å². The summed E-state index contributed by atoms with van der Waals surface area (Å²) < 4.78 is 5.82. The Balaban J connectivity index is 2.03. The fraction of sp³-hybridized carbons (Fsp3) is 0.417. The lowest BCUT2D eigenvalue weighted by Gasteiger charge is -2.38. The van der Waals surface area contributed by atoms with Crippen molar-refractivity contribution >= 4 is 34.2 Å². The van der Waals surface area contributed by atoms with Crippen LogP contribution in [-0.4, -0.2) is 57.8 Å². The highest BCUT2D eigenvalue weighted by atomic mass is 79.9. The average Bonchev–Trinajstić information content (AvgIpc) is 2.86. The highest BCUT2D eigenvalue weighted by Gasteiger charge is 2.44. The molecule has 0 unspecified atom stereocenters. The highest BCUT2D eigenvalue weighted by molar-refractivity contribution is 9.10. The second-order valence-electron chi connectivity index (χ2n) is 4.88. The highest BCUT2D eigenvalue weighted by Crippen LogP contribution is 2.20. The Labute approximate surface area is 128 Å². The molecular weight excluding hydrogens is 346 g/mol. The zero-order valence-electron chi connectivity index (χ0n) is 11.0. The predicted molar refractivity (Wildman–Crippen MR) is 76.2 cm³/mol. The Morgan fingerprint density at radius 3 is 2.86 bits per heavy atom. The molecule has 1 aromatic rings. The van der Waals surface area contributed by atoms with Crippen molar-refractivity contribution < 1.29 is 24.5 Å². The van der Waals surface area contributed by atoms with E-state index in [-0.39, 0.29) is 12.3 Å². The Bertz CT molecular complexity index is 587. The van der Waals surface area contributed by atoms with E-state index in [2.05, 4.69) is 31.2 Å². The summed E-state index contributed by atoms with van der Waals surface area (Å²) in [5.41, 5.74) is -0.885. The van der Waals surface area contributed by atoms with Gasteiger partial charge in [-0.1, -0.05) is 0 Å². The van der Waals surface area contributed by atoms with E-state index in [9.17, 15) is 14.7 Å². The fourth-order valence-electron chi connectivity index (χ4n) is 1.89. The molecule has 0 radical (unpaired) electrons. The number of esters is 1. The number of carbonyl (C=O) groups is 2. The predicted octanol–water partition coefficient (Wildman–Crippen LogP) is 0.138. The first-order chi connectivity index (χ1) is 9.83. The number of nitrogens with zero attached hydrogens (tertiary/aromatic N) is 1. The number of aliphatic imine (C=N–C) groups is 1. The number of carboxylic acids is 1. The molecule has 1 aliphatic heterocycles. The van der Waals surface area contributed by atoms with Gasteiger partial charge in [0.05, 0.1) is 11.9 Å². The number of rotatable bonds is 4. The fourth-order valence-corrected chi connectivity index (χ4v) is 2.23. The van der Waals surface area contributed by atoms with E-state index in [0.717, 1.165) is 0 Å². The van der Waals surface area contributed by atoms with E-state index in [1.165, 1.54) is 6.34 Å². The summed E-state index contributed by atoms with van der Waals surface area (Å²) in [5, 5.41) is 21.8. The van der Waals surface area contributed by atoms with Crippen LogP contribution in [0.2, 0.25) is 0 Å². The average molecular weight is 360 g/mol. The summed E-state index contributed by atoms with van der Waals surface area (Å²) in [5.74, 6) is -1.85. The molecule has 2 rings (SSSR count). The Hall–Kier alpha value is -1.87. The summed E-state index contributed by atoms with van der Waals surface area (Å²) in [6, 6.07) is 0.256. The molecule has 0 spiro atoms. The molecule has 0 aliphatic carbocycles. The third-order valence-corrected chi connectivity index (χ3v) is 3.66. The van der Waals surface area contributed by atoms with Gasteiger partial charge in [-0.3, -0.25) is 4.99 Å². The summed E-state index contributed by atoms with van der Waals surface area (Å²) in [4.78, 5) is 29.2. The Morgan fingerprint density at radius 2 is 2.29 bits per heavy atom. The molecule has 2 heterocycles. The van der Waals surface area contributed by atoms with Gasteiger partial charge < -0.3 is 25.3 Å². The number of nitrogens with one attached hydrogen (secondary N) is 2. The number of hydrogen-bond donors (Lipinski definition) is 4. The Morgan fingerprint density at radius 1 is 1.57 bits per heavy atom. The quantitative estimate of drug-likeness (QED) is 0.566. The molecule has 0 saturated carbocycles. The third kappa shape index (κ3) is 3.24. The first-order valence-corrected chi connectivity index (χ1v) is 6.84. The molecule has 0 bridgehead atoms. The van der Waals surface area contributed by atoms with Crippen LogP contribution in [0, 0.1) is 0 Å². The number of hydrogen-bond acceptors (Lipinski definition) is 6. The number of carbonyl (C=O) groups excluding carboxylic acids is 1. The second kappa shape index (κ2) is 5.86. The van der Waals surface area contributed by atoms with Crippen molar-refractivity contribution in [3.63, 3.8) is 0 Å². The minimum atomic E-state index is -1.33. The summed E-state index contributed by atoms with van der Waals surface area (Å²) in [7, 11) is 0. The van der Waals surface area contributed by atoms with E-state index in [0.29, 0.717) is 4.47 Å². The summed E-state index contributed by atoms with van der Waals surface area (Å²) in [6.07, 6.45) is 1.45. The second-order valence-corrected chi connectivity index (χ2v) is 5.79. The van der Waals surface area contributed by atoms with Crippen LogP contribution in [0.3, 0.4) is 0 Å². The van der Waals surface area contributed by atoms with Crippen LogP contribution in [-0.2, 0) is 9.53 Å². The third-order valence-electron chi connectivity index (χ3n) is 3.21. The maximum absolute atomic E-state index is 11.8. The maximum Gasteiger partial charge on any atom is 0.354 e. The lowest BCUT2D eigenvalue weighted by Crippen LogP contribution is -2.63. The molecule has 1 aromatic heterocycles. The molecule has 9 heteroatoms. The molecule has 21 heavy (non-hydrogen) atoms. The van der Waals surface area contributed by atoms with Gasteiger partial charge in [0, 0.05) is 10.7 Å². The largest absolute Gasteiger partial charge is 0.480 e. The number of ether oxygens (including phenoxy) is 1. The number of aromatic amines is 1. The van der Waals surface area contributed by atoms with Gasteiger partial charge in [0.25, 0.3) is 0 Å². The Kier molecular flexibility index (Phi) is 4.33. The first-order valence-electron chi connectivity index (χ1n) is 6.05. The summed E-state index contributed by atoms with van der Waals surface area (Å²) in [6.45, 7) is 1.34. The molecule has 0 aromatic carbocycles. The number of aliphatic carboxylic acids is 1. The van der Waals surface area contributed by atoms with Crippen molar-refractivity contribution in [2.75, 3.05) is 6.61 Å². The van der Waals surface area contributed by atoms with Crippen molar-refractivity contribution in [2.45, 2.75) is 24.6 Å². The van der Waals surface area contributed by atoms with Crippen molar-refractivity contribution in [3.05, 3.63) is 22.4 Å². The SMILES string of the molecule is C[C@@]1(COC(=O)c2cc(Br)c[nH]2)NC=N[C@H](C(=O)O)[C@H]1O. The van der Waals surface area contributed by atoms with Crippen LogP contribution >= 0.6 is 15.9 Å². The van der Waals surface area contributed by atoms with Crippen molar-refractivity contribution in [3.8, 4) is 0 Å². The zero-order chi connectivity index (χ0) is 15.6. The maximum atomic E-state index is 11.8. The van der Waals surface area contributed by atoms with Gasteiger partial charge in [-0.2, -0.15) is 0 Å². The van der Waals surface area contributed by atoms with Crippen molar-refractivity contribution in [1.29, 1.82) is 0 Å². The normalized spacial score (nSPS) is 28.0. The van der Waals surface area contributed by atoms with Crippen LogP contribution in [0.25, 0.3) is 0 Å². The first kappa shape index (κ1) is 15.5. The summed E-state index contributed by atoms with van der Waals surface area (Å²) >= 11 is 3.20. The monoisotopic (exact) mass is 359 g/mol. The van der Waals surface area contributed by atoms with Crippen LogP contribution in [0.1, 0.15) is 17.4 Å². The van der Waals surface area contributed by atoms with Crippen molar-refractivity contribution in [2.24, 2.45) is 4.99 Å². The van der Waals surface area contributed by atoms with E-state index in [1.54, 1.807) is 19.2 Å². The van der Waals surface area contributed by atoms with E-state index in [1.807, 2.05) is 0 Å². The van der Waals surface area contributed by atoms with Gasteiger partial charge in [-0.05, 0) is 28.9 Å². The minimum Gasteiger partial charge on any atom is -0.480 e. The number of aliphatic hydroxyl groups is 1. The van der Waals surface area contributed by atoms with Gasteiger partial charge in [0.1, 0.15) is 18.4 Å². The van der Waals surface area contributed by atoms with Crippen LogP contribution in [0.4, 0.5) is 0 Å². The zero-order valence-corrected chi connectivity index (χ0v) is 12.6. The van der Waals surface area contributed by atoms with Gasteiger partial charge in [-0.15, -0.1) is 0 Å². The topological polar surface area (TPSA) is 124 Å². The number of halogens is 1. The smallest absolute Gasteiger partial charge is 0.354 e. The van der Waals surface area contributed by atoms with E-state index >= 15 is 0 Å². The lowest BCUT2D eigenvalue weighted by molar-refractivity contribution is -0.143. The standard InChI is InChI=1S/C12H14BrN3O5/c1-12(9(17)8(10(18)19)15-5-16-12)4-21-11(20)7-2-6(13)3-14-7/h2-3,5,8-9,14,17H,4H2,1H3,(H,15,16)(H,18,19)/t8-,9+,12-/m0/s1. The molecule has 1 aliphatic rings. The molecule has 114 valence electrons. The van der Waals surface area contributed by atoms with Gasteiger partial charge >= 0.3 is 11.9 Å². The van der Waals surface area contributed by atoms with Crippen molar-refractivity contribution in [1.82, 2.24) is 10.3 Å².